The van der Waals surface area contributed by atoms with E-state index in [9.17, 15) is 4.79 Å². The summed E-state index contributed by atoms with van der Waals surface area (Å²) in [6.07, 6.45) is 2.45. The van der Waals surface area contributed by atoms with E-state index < -0.39 is 0 Å². The highest BCUT2D eigenvalue weighted by molar-refractivity contribution is 6.00. The Bertz CT molecular complexity index is 699. The van der Waals surface area contributed by atoms with E-state index in [-0.39, 0.29) is 12.3 Å². The van der Waals surface area contributed by atoms with E-state index in [1.807, 2.05) is 37.3 Å². The lowest BCUT2D eigenvalue weighted by Crippen LogP contribution is -2.15. The summed E-state index contributed by atoms with van der Waals surface area (Å²) in [4.78, 5) is 12.5. The van der Waals surface area contributed by atoms with E-state index >= 15 is 0 Å². The van der Waals surface area contributed by atoms with Crippen LogP contribution in [-0.4, -0.2) is 24.0 Å². The first-order valence-corrected chi connectivity index (χ1v) is 7.70. The zero-order valence-corrected chi connectivity index (χ0v) is 13.3. The molecule has 0 aliphatic heterocycles. The summed E-state index contributed by atoms with van der Waals surface area (Å²) < 4.78 is 7.59. The van der Waals surface area contributed by atoms with Crippen LogP contribution >= 0.6 is 0 Å². The average Bonchev–Trinajstić information content (AvgIpc) is 3.30. The molecule has 0 spiro atoms. The summed E-state index contributed by atoms with van der Waals surface area (Å²) in [6.45, 7) is 4.40. The smallest absolute Gasteiger partial charge is 0.183 e. The van der Waals surface area contributed by atoms with Gasteiger partial charge in [0, 0.05) is 23.0 Å². The maximum Gasteiger partial charge on any atom is 0.183 e. The van der Waals surface area contributed by atoms with Crippen LogP contribution in [0.2, 0.25) is 0 Å². The number of aromatic nitrogens is 1. The van der Waals surface area contributed by atoms with Crippen molar-refractivity contribution in [2.24, 2.45) is 0 Å². The molecule has 0 saturated heterocycles. The quantitative estimate of drug-likeness (QED) is 0.826. The van der Waals surface area contributed by atoms with Crippen molar-refractivity contribution in [2.75, 3.05) is 19.0 Å². The summed E-state index contributed by atoms with van der Waals surface area (Å²) in [5, 5.41) is 3.18. The van der Waals surface area contributed by atoms with Crippen molar-refractivity contribution in [1.29, 1.82) is 0 Å². The average molecular weight is 298 g/mol. The lowest BCUT2D eigenvalue weighted by molar-refractivity contribution is 0.101. The molecule has 4 heteroatoms. The highest BCUT2D eigenvalue weighted by Crippen LogP contribution is 2.38. The van der Waals surface area contributed by atoms with Gasteiger partial charge >= 0.3 is 0 Å². The van der Waals surface area contributed by atoms with Crippen LogP contribution in [0.3, 0.4) is 0 Å². The van der Waals surface area contributed by atoms with Crippen LogP contribution in [0.15, 0.2) is 30.3 Å². The number of hydrogen-bond donors (Lipinski definition) is 1. The Morgan fingerprint density at radius 2 is 2.05 bits per heavy atom. The topological polar surface area (TPSA) is 43.3 Å². The maximum atomic E-state index is 12.5. The number of hydrogen-bond acceptors (Lipinski definition) is 3. The van der Waals surface area contributed by atoms with Gasteiger partial charge in [0.25, 0.3) is 0 Å². The molecule has 0 atom stereocenters. The Morgan fingerprint density at radius 1 is 1.32 bits per heavy atom. The summed E-state index contributed by atoms with van der Waals surface area (Å²) in [7, 11) is 1.63. The number of ketones is 1. The Morgan fingerprint density at radius 3 is 2.73 bits per heavy atom. The number of nitrogens with zero attached hydrogens (tertiary/aromatic N) is 1. The van der Waals surface area contributed by atoms with Gasteiger partial charge in [-0.2, -0.15) is 0 Å². The number of ether oxygens (including phenoxy) is 1. The Labute approximate surface area is 131 Å². The molecular formula is C18H22N2O2. The van der Waals surface area contributed by atoms with Crippen molar-refractivity contribution in [1.82, 2.24) is 4.57 Å². The molecule has 3 rings (SSSR count). The fraction of sp³-hybridized carbons (Fsp3) is 0.389. The minimum Gasteiger partial charge on any atom is -0.495 e. The first-order chi connectivity index (χ1) is 10.6. The molecule has 0 bridgehead atoms. The summed E-state index contributed by atoms with van der Waals surface area (Å²) in [5.74, 6) is 0.865. The van der Waals surface area contributed by atoms with Crippen molar-refractivity contribution < 1.29 is 9.53 Å². The van der Waals surface area contributed by atoms with Crippen LogP contribution in [-0.2, 0) is 0 Å². The second-order valence-electron chi connectivity index (χ2n) is 5.86. The third-order valence-corrected chi connectivity index (χ3v) is 4.24. The highest BCUT2D eigenvalue weighted by atomic mass is 16.5. The fourth-order valence-electron chi connectivity index (χ4n) is 3.02. The Kier molecular flexibility index (Phi) is 3.92. The number of nitrogens with one attached hydrogen (secondary N) is 1. The van der Waals surface area contributed by atoms with Crippen molar-refractivity contribution >= 4 is 11.5 Å². The molecular weight excluding hydrogens is 276 g/mol. The van der Waals surface area contributed by atoms with E-state index in [2.05, 4.69) is 16.8 Å². The van der Waals surface area contributed by atoms with Gasteiger partial charge in [-0.15, -0.1) is 0 Å². The number of rotatable bonds is 6. The Hall–Kier alpha value is -2.23. The number of para-hydroxylation sites is 2. The van der Waals surface area contributed by atoms with Crippen molar-refractivity contribution in [2.45, 2.75) is 32.7 Å². The lowest BCUT2D eigenvalue weighted by atomic mass is 10.1. The normalized spacial score (nSPS) is 14.0. The Balaban J connectivity index is 1.74. The molecule has 2 aromatic rings. The molecule has 116 valence electrons. The van der Waals surface area contributed by atoms with Crippen molar-refractivity contribution in [3.63, 3.8) is 0 Å². The summed E-state index contributed by atoms with van der Waals surface area (Å²) >= 11 is 0. The molecule has 0 radical (unpaired) electrons. The number of aryl methyl sites for hydroxylation is 1. The molecule has 1 saturated carbocycles. The number of benzene rings is 1. The largest absolute Gasteiger partial charge is 0.495 e. The zero-order chi connectivity index (χ0) is 15.7. The molecule has 0 amide bonds. The van der Waals surface area contributed by atoms with Gasteiger partial charge in [-0.25, -0.2) is 0 Å². The number of anilines is 1. The number of Topliss-reactive ketones (excluding diaryl/α,β-unsaturated/α-hetero) is 1. The molecule has 1 N–H and O–H groups in total. The van der Waals surface area contributed by atoms with Gasteiger partial charge in [-0.1, -0.05) is 12.1 Å². The molecule has 1 aliphatic rings. The van der Waals surface area contributed by atoms with Gasteiger partial charge in [0.1, 0.15) is 5.75 Å². The number of carbonyl (C=O) groups excluding carboxylic acids is 1. The molecule has 1 aliphatic carbocycles. The second-order valence-corrected chi connectivity index (χ2v) is 5.86. The standard InChI is InChI=1S/C18H22N2O2/c1-12-10-15(13(2)20(12)14-8-9-14)17(21)11-19-16-6-4-5-7-18(16)22-3/h4-7,10,14,19H,8-9,11H2,1-3H3. The molecule has 0 unspecified atom stereocenters. The molecule has 1 fully saturated rings. The number of methoxy groups -OCH3 is 1. The van der Waals surface area contributed by atoms with Crippen LogP contribution in [0.1, 0.15) is 40.6 Å². The summed E-state index contributed by atoms with van der Waals surface area (Å²) in [6, 6.07) is 10.2. The van der Waals surface area contributed by atoms with E-state index in [0.29, 0.717) is 6.04 Å². The summed E-state index contributed by atoms with van der Waals surface area (Å²) in [5.41, 5.74) is 3.94. The highest BCUT2D eigenvalue weighted by Gasteiger charge is 2.28. The van der Waals surface area contributed by atoms with Gasteiger partial charge in [0.15, 0.2) is 5.78 Å². The molecule has 22 heavy (non-hydrogen) atoms. The van der Waals surface area contributed by atoms with Gasteiger partial charge in [-0.05, 0) is 44.9 Å². The zero-order valence-electron chi connectivity index (χ0n) is 13.3. The van der Waals surface area contributed by atoms with E-state index in [4.69, 9.17) is 4.74 Å². The van der Waals surface area contributed by atoms with Gasteiger partial charge in [0.05, 0.1) is 19.3 Å². The van der Waals surface area contributed by atoms with E-state index in [1.165, 1.54) is 18.5 Å². The predicted molar refractivity (Wildman–Crippen MR) is 88.0 cm³/mol. The minimum absolute atomic E-state index is 0.117. The predicted octanol–water partition coefficient (Wildman–Crippen LogP) is 3.74. The van der Waals surface area contributed by atoms with E-state index in [1.54, 1.807) is 7.11 Å². The van der Waals surface area contributed by atoms with Crippen molar-refractivity contribution in [3.05, 3.63) is 47.3 Å². The third kappa shape index (κ3) is 2.73. The molecule has 1 heterocycles. The van der Waals surface area contributed by atoms with Crippen molar-refractivity contribution in [3.8, 4) is 5.75 Å². The first-order valence-electron chi connectivity index (χ1n) is 7.70. The monoisotopic (exact) mass is 298 g/mol. The maximum absolute atomic E-state index is 12.5. The van der Waals surface area contributed by atoms with E-state index in [0.717, 1.165) is 22.7 Å². The van der Waals surface area contributed by atoms with Crippen LogP contribution in [0.4, 0.5) is 5.69 Å². The van der Waals surface area contributed by atoms with Gasteiger partial charge in [0.2, 0.25) is 0 Å². The van der Waals surface area contributed by atoms with Crippen LogP contribution in [0, 0.1) is 13.8 Å². The lowest BCUT2D eigenvalue weighted by Gasteiger charge is -2.11. The third-order valence-electron chi connectivity index (χ3n) is 4.24. The fourth-order valence-corrected chi connectivity index (χ4v) is 3.02. The van der Waals surface area contributed by atoms with Gasteiger partial charge in [-0.3, -0.25) is 4.79 Å². The second kappa shape index (κ2) is 5.87. The minimum atomic E-state index is 0.117. The molecule has 4 nitrogen and oxygen atoms in total. The number of carbonyl (C=O) groups is 1. The van der Waals surface area contributed by atoms with Gasteiger partial charge < -0.3 is 14.6 Å². The SMILES string of the molecule is COc1ccccc1NCC(=O)c1cc(C)n(C2CC2)c1C. The van der Waals surface area contributed by atoms with Crippen LogP contribution in [0.5, 0.6) is 5.75 Å². The molecule has 1 aromatic heterocycles. The van der Waals surface area contributed by atoms with Crippen LogP contribution in [0.25, 0.3) is 0 Å². The molecule has 1 aromatic carbocycles. The first kappa shape index (κ1) is 14.7. The van der Waals surface area contributed by atoms with Crippen LogP contribution < -0.4 is 10.1 Å².